The number of carbonyl (C=O) groups excluding carboxylic acids is 3. The highest BCUT2D eigenvalue weighted by Crippen LogP contribution is 2.23. The van der Waals surface area contributed by atoms with Crippen LogP contribution < -0.4 is 5.32 Å². The molecule has 3 aromatic rings. The molecule has 4 rings (SSSR count). The SMILES string of the molecule is CCC(NC(=O)CCN1C(=O)c2ccccc2C1=O)c1ncc(-c2ccccc2)[nH]1. The van der Waals surface area contributed by atoms with Gasteiger partial charge in [-0.3, -0.25) is 19.3 Å². The van der Waals surface area contributed by atoms with Crippen molar-refractivity contribution in [3.8, 4) is 11.3 Å². The van der Waals surface area contributed by atoms with Gasteiger partial charge in [0.1, 0.15) is 5.82 Å². The standard InChI is InChI=1S/C23H22N4O3/c1-2-18(21-24-14-19(26-21)15-8-4-3-5-9-15)25-20(28)12-13-27-22(29)16-10-6-7-11-17(16)23(27)30/h3-11,14,18H,2,12-13H2,1H3,(H,24,26)(H,25,28). The second-order valence-electron chi connectivity index (χ2n) is 7.13. The minimum Gasteiger partial charge on any atom is -0.346 e. The first-order chi connectivity index (χ1) is 14.6. The van der Waals surface area contributed by atoms with Crippen LogP contribution in [0.25, 0.3) is 11.3 Å². The molecule has 2 aromatic carbocycles. The van der Waals surface area contributed by atoms with Crippen LogP contribution in [0.1, 0.15) is 52.3 Å². The highest BCUT2D eigenvalue weighted by atomic mass is 16.2. The predicted molar refractivity (Wildman–Crippen MR) is 112 cm³/mol. The zero-order valence-corrected chi connectivity index (χ0v) is 16.6. The van der Waals surface area contributed by atoms with Crippen LogP contribution in [0.4, 0.5) is 0 Å². The van der Waals surface area contributed by atoms with E-state index in [1.807, 2.05) is 37.3 Å². The lowest BCUT2D eigenvalue weighted by molar-refractivity contribution is -0.122. The van der Waals surface area contributed by atoms with Gasteiger partial charge in [-0.15, -0.1) is 0 Å². The van der Waals surface area contributed by atoms with Crippen LogP contribution in [0.2, 0.25) is 0 Å². The van der Waals surface area contributed by atoms with Gasteiger partial charge in [0.05, 0.1) is 29.1 Å². The van der Waals surface area contributed by atoms with Crippen LogP contribution in [-0.4, -0.2) is 39.1 Å². The Balaban J connectivity index is 1.37. The van der Waals surface area contributed by atoms with Gasteiger partial charge in [-0.05, 0) is 24.1 Å². The number of nitrogens with one attached hydrogen (secondary N) is 2. The van der Waals surface area contributed by atoms with Crippen molar-refractivity contribution in [3.63, 3.8) is 0 Å². The lowest BCUT2D eigenvalue weighted by Crippen LogP contribution is -2.35. The molecule has 7 nitrogen and oxygen atoms in total. The molecule has 0 radical (unpaired) electrons. The molecular formula is C23H22N4O3. The molecule has 1 aliphatic rings. The summed E-state index contributed by atoms with van der Waals surface area (Å²) >= 11 is 0. The fourth-order valence-electron chi connectivity index (χ4n) is 3.56. The van der Waals surface area contributed by atoms with Crippen molar-refractivity contribution in [1.29, 1.82) is 0 Å². The monoisotopic (exact) mass is 402 g/mol. The number of imidazole rings is 1. The first-order valence-electron chi connectivity index (χ1n) is 9.93. The molecule has 2 N–H and O–H groups in total. The van der Waals surface area contributed by atoms with Crippen LogP contribution in [-0.2, 0) is 4.79 Å². The second kappa shape index (κ2) is 8.32. The molecule has 30 heavy (non-hydrogen) atoms. The fourth-order valence-corrected chi connectivity index (χ4v) is 3.56. The molecule has 0 fully saturated rings. The van der Waals surface area contributed by atoms with E-state index in [2.05, 4.69) is 15.3 Å². The number of nitrogens with zero attached hydrogens (tertiary/aromatic N) is 2. The molecule has 1 aromatic heterocycles. The summed E-state index contributed by atoms with van der Waals surface area (Å²) in [4.78, 5) is 46.1. The van der Waals surface area contributed by atoms with Crippen LogP contribution in [0.3, 0.4) is 0 Å². The zero-order valence-electron chi connectivity index (χ0n) is 16.6. The molecular weight excluding hydrogens is 380 g/mol. The second-order valence-corrected chi connectivity index (χ2v) is 7.13. The number of amides is 3. The van der Waals surface area contributed by atoms with E-state index in [4.69, 9.17) is 0 Å². The lowest BCUT2D eigenvalue weighted by Gasteiger charge is -2.17. The number of benzene rings is 2. The van der Waals surface area contributed by atoms with Crippen LogP contribution >= 0.6 is 0 Å². The zero-order chi connectivity index (χ0) is 21.1. The summed E-state index contributed by atoms with van der Waals surface area (Å²) in [5, 5.41) is 2.94. The van der Waals surface area contributed by atoms with E-state index in [0.717, 1.165) is 16.2 Å². The summed E-state index contributed by atoms with van der Waals surface area (Å²) in [7, 11) is 0. The lowest BCUT2D eigenvalue weighted by atomic mass is 10.1. The number of hydrogen-bond donors (Lipinski definition) is 2. The number of aromatic nitrogens is 2. The molecule has 0 spiro atoms. The summed E-state index contributed by atoms with van der Waals surface area (Å²) in [5.41, 5.74) is 2.67. The Morgan fingerprint density at radius 2 is 1.67 bits per heavy atom. The Morgan fingerprint density at radius 1 is 1.03 bits per heavy atom. The third-order valence-electron chi connectivity index (χ3n) is 5.19. The molecule has 3 amide bonds. The molecule has 0 aliphatic carbocycles. The van der Waals surface area contributed by atoms with Crippen molar-refractivity contribution in [3.05, 3.63) is 77.7 Å². The Hall–Kier alpha value is -3.74. The third-order valence-corrected chi connectivity index (χ3v) is 5.19. The minimum absolute atomic E-state index is 0.0359. The third kappa shape index (κ3) is 3.74. The summed E-state index contributed by atoms with van der Waals surface area (Å²) < 4.78 is 0. The topological polar surface area (TPSA) is 95.2 Å². The Morgan fingerprint density at radius 3 is 2.30 bits per heavy atom. The van der Waals surface area contributed by atoms with E-state index in [0.29, 0.717) is 23.4 Å². The average Bonchev–Trinajstić information content (AvgIpc) is 3.36. The summed E-state index contributed by atoms with van der Waals surface area (Å²) in [6.45, 7) is 2.00. The molecule has 0 saturated heterocycles. The van der Waals surface area contributed by atoms with Crippen molar-refractivity contribution in [2.24, 2.45) is 0 Å². The molecule has 1 atom stereocenters. The number of carbonyl (C=O) groups is 3. The molecule has 1 unspecified atom stereocenters. The van der Waals surface area contributed by atoms with Crippen LogP contribution in [0.5, 0.6) is 0 Å². The molecule has 0 bridgehead atoms. The van der Waals surface area contributed by atoms with Gasteiger partial charge in [0.2, 0.25) is 5.91 Å². The Labute approximate surface area is 174 Å². The van der Waals surface area contributed by atoms with E-state index < -0.39 is 0 Å². The van der Waals surface area contributed by atoms with Crippen molar-refractivity contribution in [2.45, 2.75) is 25.8 Å². The number of aromatic amines is 1. The van der Waals surface area contributed by atoms with Crippen molar-refractivity contribution in [2.75, 3.05) is 6.54 Å². The van der Waals surface area contributed by atoms with Gasteiger partial charge in [-0.1, -0.05) is 49.4 Å². The predicted octanol–water partition coefficient (Wildman–Crippen LogP) is 3.33. The first kappa shape index (κ1) is 19.6. The fraction of sp³-hybridized carbons (Fsp3) is 0.217. The van der Waals surface area contributed by atoms with Gasteiger partial charge in [-0.2, -0.15) is 0 Å². The van der Waals surface area contributed by atoms with Gasteiger partial charge in [0.25, 0.3) is 11.8 Å². The number of H-pyrrole nitrogens is 1. The molecule has 152 valence electrons. The molecule has 1 aliphatic heterocycles. The van der Waals surface area contributed by atoms with Gasteiger partial charge < -0.3 is 10.3 Å². The van der Waals surface area contributed by atoms with Gasteiger partial charge in [0, 0.05) is 13.0 Å². The maximum atomic E-state index is 12.5. The van der Waals surface area contributed by atoms with Crippen molar-refractivity contribution in [1.82, 2.24) is 20.2 Å². The maximum absolute atomic E-state index is 12.5. The van der Waals surface area contributed by atoms with Crippen molar-refractivity contribution >= 4 is 17.7 Å². The summed E-state index contributed by atoms with van der Waals surface area (Å²) in [5.74, 6) is -0.274. The highest BCUT2D eigenvalue weighted by molar-refractivity contribution is 6.21. The quantitative estimate of drug-likeness (QED) is 0.593. The normalized spacial score (nSPS) is 14.0. The Kier molecular flexibility index (Phi) is 5.43. The molecule has 2 heterocycles. The maximum Gasteiger partial charge on any atom is 0.261 e. The van der Waals surface area contributed by atoms with E-state index in [-0.39, 0.29) is 36.7 Å². The number of rotatable bonds is 7. The van der Waals surface area contributed by atoms with Crippen molar-refractivity contribution < 1.29 is 14.4 Å². The smallest absolute Gasteiger partial charge is 0.261 e. The molecule has 7 heteroatoms. The summed E-state index contributed by atoms with van der Waals surface area (Å²) in [6, 6.07) is 16.2. The van der Waals surface area contributed by atoms with E-state index in [1.54, 1.807) is 30.5 Å². The van der Waals surface area contributed by atoms with E-state index in [9.17, 15) is 14.4 Å². The van der Waals surface area contributed by atoms with Gasteiger partial charge >= 0.3 is 0 Å². The van der Waals surface area contributed by atoms with Gasteiger partial charge in [0.15, 0.2) is 0 Å². The highest BCUT2D eigenvalue weighted by Gasteiger charge is 2.35. The van der Waals surface area contributed by atoms with Crippen LogP contribution in [0, 0.1) is 0 Å². The van der Waals surface area contributed by atoms with E-state index in [1.165, 1.54) is 0 Å². The molecule has 0 saturated carbocycles. The largest absolute Gasteiger partial charge is 0.346 e. The van der Waals surface area contributed by atoms with Gasteiger partial charge in [-0.25, -0.2) is 4.98 Å². The summed E-state index contributed by atoms with van der Waals surface area (Å²) in [6.07, 6.45) is 2.44. The minimum atomic E-state index is -0.353. The van der Waals surface area contributed by atoms with Crippen LogP contribution in [0.15, 0.2) is 60.8 Å². The Bertz CT molecular complexity index is 1060. The number of imide groups is 1. The van der Waals surface area contributed by atoms with E-state index >= 15 is 0 Å². The number of hydrogen-bond acceptors (Lipinski definition) is 4. The first-order valence-corrected chi connectivity index (χ1v) is 9.93. The average molecular weight is 402 g/mol. The number of fused-ring (bicyclic) bond motifs is 1.